The van der Waals surface area contributed by atoms with E-state index in [4.69, 9.17) is 42.4 Å². The van der Waals surface area contributed by atoms with Crippen LogP contribution in [0.5, 0.6) is 11.5 Å². The Labute approximate surface area is 241 Å². The highest BCUT2D eigenvalue weighted by Gasteiger charge is 2.28. The van der Waals surface area contributed by atoms with Gasteiger partial charge < -0.3 is 24.8 Å². The number of benzene rings is 1. The van der Waals surface area contributed by atoms with Gasteiger partial charge in [-0.1, -0.05) is 29.8 Å². The lowest BCUT2D eigenvalue weighted by atomic mass is 10.0. The molecule has 212 valence electrons. The first-order valence-corrected chi connectivity index (χ1v) is 13.6. The van der Waals surface area contributed by atoms with E-state index >= 15 is 0 Å². The zero-order chi connectivity index (χ0) is 28.4. The summed E-state index contributed by atoms with van der Waals surface area (Å²) in [6.45, 7) is 7.80. The van der Waals surface area contributed by atoms with Crippen LogP contribution < -0.4 is 25.7 Å². The van der Waals surface area contributed by atoms with Gasteiger partial charge in [-0.2, -0.15) is 4.98 Å². The van der Waals surface area contributed by atoms with Crippen molar-refractivity contribution in [2.75, 3.05) is 58.9 Å². The Morgan fingerprint density at radius 1 is 1.18 bits per heavy atom. The summed E-state index contributed by atoms with van der Waals surface area (Å²) < 4.78 is 17.7. The van der Waals surface area contributed by atoms with Crippen molar-refractivity contribution in [3.63, 3.8) is 0 Å². The SMILES string of the molecule is C=CC(=O)NC1CN(CCn2c(=O)c(-c3c(Cl)c(OC)cc(OC)c3Cl)cc3cnc(NCC4COC4)nc32)C1. The van der Waals surface area contributed by atoms with Gasteiger partial charge >= 0.3 is 0 Å². The lowest BCUT2D eigenvalue weighted by Crippen LogP contribution is -2.59. The van der Waals surface area contributed by atoms with E-state index in [2.05, 4.69) is 27.1 Å². The Bertz CT molecular complexity index is 1470. The maximum absolute atomic E-state index is 14.1. The summed E-state index contributed by atoms with van der Waals surface area (Å²) >= 11 is 13.4. The lowest BCUT2D eigenvalue weighted by Gasteiger charge is -2.39. The Hall–Kier alpha value is -3.38. The van der Waals surface area contributed by atoms with Crippen molar-refractivity contribution in [1.82, 2.24) is 24.8 Å². The van der Waals surface area contributed by atoms with E-state index in [1.165, 1.54) is 20.3 Å². The summed E-state index contributed by atoms with van der Waals surface area (Å²) in [5, 5.41) is 7.16. The topological polar surface area (TPSA) is 120 Å². The van der Waals surface area contributed by atoms with E-state index in [9.17, 15) is 9.59 Å². The van der Waals surface area contributed by atoms with Crippen molar-refractivity contribution in [3.05, 3.63) is 51.4 Å². The van der Waals surface area contributed by atoms with E-state index in [1.807, 2.05) is 0 Å². The molecular formula is C27H30Cl2N6O5. The van der Waals surface area contributed by atoms with Crippen molar-refractivity contribution in [1.29, 1.82) is 0 Å². The van der Waals surface area contributed by atoms with Crippen LogP contribution in [0.4, 0.5) is 5.95 Å². The molecule has 0 aliphatic carbocycles. The maximum atomic E-state index is 14.1. The molecule has 2 saturated heterocycles. The zero-order valence-corrected chi connectivity index (χ0v) is 23.7. The molecule has 2 aliphatic rings. The van der Waals surface area contributed by atoms with Gasteiger partial charge in [-0.25, -0.2) is 4.98 Å². The number of likely N-dealkylation sites (tertiary alicyclic amines) is 1. The summed E-state index contributed by atoms with van der Waals surface area (Å²) in [6.07, 6.45) is 2.93. The number of halogens is 2. The van der Waals surface area contributed by atoms with Gasteiger partial charge in [-0.15, -0.1) is 0 Å². The van der Waals surface area contributed by atoms with Crippen LogP contribution in [0.2, 0.25) is 10.0 Å². The average Bonchev–Trinajstić information content (AvgIpc) is 2.90. The standard InChI is InChI=1S/C27H30Cl2N6O5/c1-4-21(36)32-17-11-34(12-17)5-6-35-25-16(10-31-27(33-25)30-9-15-13-40-14-15)7-18(26(35)37)22-23(28)19(38-2)8-20(39-3)24(22)29/h4,7-8,10,15,17H,1,5-6,9,11-14H2,2-3H3,(H,32,36)(H,30,31,33). The van der Waals surface area contributed by atoms with Crippen LogP contribution in [0.3, 0.4) is 0 Å². The van der Waals surface area contributed by atoms with Gasteiger partial charge in [0.2, 0.25) is 11.9 Å². The lowest BCUT2D eigenvalue weighted by molar-refractivity contribution is -0.118. The first-order valence-electron chi connectivity index (χ1n) is 12.8. The molecule has 4 heterocycles. The van der Waals surface area contributed by atoms with Gasteiger partial charge in [0.15, 0.2) is 0 Å². The Balaban J connectivity index is 1.52. The molecule has 0 atom stereocenters. The predicted octanol–water partition coefficient (Wildman–Crippen LogP) is 2.83. The fourth-order valence-electron chi connectivity index (χ4n) is 4.74. The molecule has 13 heteroatoms. The quantitative estimate of drug-likeness (QED) is 0.326. The van der Waals surface area contributed by atoms with Gasteiger partial charge in [0, 0.05) is 61.9 Å². The largest absolute Gasteiger partial charge is 0.495 e. The number of carbonyl (C=O) groups excluding carboxylic acids is 1. The van der Waals surface area contributed by atoms with Crippen molar-refractivity contribution in [3.8, 4) is 22.6 Å². The maximum Gasteiger partial charge on any atom is 0.260 e. The second-order valence-corrected chi connectivity index (χ2v) is 10.5. The Morgan fingerprint density at radius 3 is 2.48 bits per heavy atom. The van der Waals surface area contributed by atoms with E-state index in [0.29, 0.717) is 85.9 Å². The van der Waals surface area contributed by atoms with Crippen LogP contribution in [-0.4, -0.2) is 85.0 Å². The second-order valence-electron chi connectivity index (χ2n) is 9.73. The summed E-state index contributed by atoms with van der Waals surface area (Å²) in [7, 11) is 2.96. The van der Waals surface area contributed by atoms with Crippen LogP contribution in [0.25, 0.3) is 22.2 Å². The monoisotopic (exact) mass is 588 g/mol. The summed E-state index contributed by atoms with van der Waals surface area (Å²) in [5.41, 5.74) is 0.745. The van der Waals surface area contributed by atoms with Gasteiger partial charge in [-0.05, 0) is 12.1 Å². The van der Waals surface area contributed by atoms with Crippen molar-refractivity contribution < 1.29 is 19.0 Å². The summed E-state index contributed by atoms with van der Waals surface area (Å²) in [4.78, 5) is 37.0. The van der Waals surface area contributed by atoms with Gasteiger partial charge in [0.25, 0.3) is 5.56 Å². The molecule has 0 spiro atoms. The van der Waals surface area contributed by atoms with Crippen LogP contribution in [0.1, 0.15) is 0 Å². The average molecular weight is 589 g/mol. The Kier molecular flexibility index (Phi) is 8.46. The molecule has 2 aromatic heterocycles. The molecule has 0 radical (unpaired) electrons. The molecule has 2 N–H and O–H groups in total. The van der Waals surface area contributed by atoms with E-state index in [1.54, 1.807) is 22.9 Å². The number of hydrogen-bond acceptors (Lipinski definition) is 9. The van der Waals surface area contributed by atoms with Crippen LogP contribution in [-0.2, 0) is 16.1 Å². The van der Waals surface area contributed by atoms with E-state index in [0.717, 1.165) is 0 Å². The summed E-state index contributed by atoms with van der Waals surface area (Å²) in [6, 6.07) is 3.31. The fourth-order valence-corrected chi connectivity index (χ4v) is 5.44. The van der Waals surface area contributed by atoms with Crippen LogP contribution in [0, 0.1) is 5.92 Å². The number of anilines is 1. The highest BCUT2D eigenvalue weighted by Crippen LogP contribution is 2.45. The first-order chi connectivity index (χ1) is 19.3. The molecule has 1 aromatic carbocycles. The molecule has 0 bridgehead atoms. The van der Waals surface area contributed by atoms with E-state index in [-0.39, 0.29) is 33.1 Å². The van der Waals surface area contributed by atoms with Crippen molar-refractivity contribution >= 4 is 46.1 Å². The number of rotatable bonds is 11. The predicted molar refractivity (Wildman–Crippen MR) is 154 cm³/mol. The van der Waals surface area contributed by atoms with E-state index < -0.39 is 0 Å². The summed E-state index contributed by atoms with van der Waals surface area (Å²) in [5.74, 6) is 1.28. The molecule has 1 amide bonds. The number of carbonyl (C=O) groups is 1. The molecule has 2 aliphatic heterocycles. The number of ether oxygens (including phenoxy) is 3. The molecular weight excluding hydrogens is 559 g/mol. The number of pyridine rings is 1. The van der Waals surface area contributed by atoms with Crippen LogP contribution in [0.15, 0.2) is 35.8 Å². The van der Waals surface area contributed by atoms with Crippen molar-refractivity contribution in [2.45, 2.75) is 12.6 Å². The minimum atomic E-state index is -0.319. The normalized spacial score (nSPS) is 15.8. The number of amides is 1. The molecule has 0 unspecified atom stereocenters. The number of nitrogens with zero attached hydrogens (tertiary/aromatic N) is 4. The number of nitrogens with one attached hydrogen (secondary N) is 2. The third-order valence-corrected chi connectivity index (χ3v) is 7.81. The number of methoxy groups -OCH3 is 2. The minimum absolute atomic E-state index is 0.0424. The van der Waals surface area contributed by atoms with Gasteiger partial charge in [0.1, 0.15) is 17.1 Å². The molecule has 11 nitrogen and oxygen atoms in total. The third-order valence-electron chi connectivity index (χ3n) is 7.05. The molecule has 3 aromatic rings. The smallest absolute Gasteiger partial charge is 0.260 e. The number of fused-ring (bicyclic) bond motifs is 1. The molecule has 40 heavy (non-hydrogen) atoms. The van der Waals surface area contributed by atoms with Crippen LogP contribution >= 0.6 is 23.2 Å². The fraction of sp³-hybridized carbons (Fsp3) is 0.407. The molecule has 5 rings (SSSR count). The Morgan fingerprint density at radius 2 is 1.88 bits per heavy atom. The third kappa shape index (κ3) is 5.60. The highest BCUT2D eigenvalue weighted by atomic mass is 35.5. The second kappa shape index (κ2) is 12.0. The highest BCUT2D eigenvalue weighted by molar-refractivity contribution is 6.41. The zero-order valence-electron chi connectivity index (χ0n) is 22.2. The number of aromatic nitrogens is 3. The van der Waals surface area contributed by atoms with Gasteiger partial charge in [0.05, 0.1) is 49.1 Å². The molecule has 2 fully saturated rings. The molecule has 0 saturated carbocycles. The first kappa shape index (κ1) is 28.2. The number of hydrogen-bond donors (Lipinski definition) is 2. The minimum Gasteiger partial charge on any atom is -0.495 e. The van der Waals surface area contributed by atoms with Crippen molar-refractivity contribution in [2.24, 2.45) is 5.92 Å². The van der Waals surface area contributed by atoms with Gasteiger partial charge in [-0.3, -0.25) is 19.1 Å².